The Kier molecular flexibility index (Phi) is 3.05. The molecule has 0 radical (unpaired) electrons. The van der Waals surface area contributed by atoms with Crippen molar-refractivity contribution in [2.45, 2.75) is 6.92 Å². The Balaban J connectivity index is 2.24. The first-order valence-corrected chi connectivity index (χ1v) is 5.20. The van der Waals surface area contributed by atoms with E-state index in [2.05, 4.69) is 4.98 Å². The van der Waals surface area contributed by atoms with Crippen LogP contribution in [0.15, 0.2) is 42.6 Å². The quantitative estimate of drug-likeness (QED) is 0.625. The monoisotopic (exact) mass is 227 g/mol. The standard InChI is InChI=1S/C13H13N3O/c1-9-3-2-4-11(7-9)17-12-8-10(13(14)15)5-6-16-12/h2-8H,1H3,(H3,14,15). The number of ether oxygens (including phenoxy) is 1. The molecule has 0 bridgehead atoms. The van der Waals surface area contributed by atoms with Crippen LogP contribution < -0.4 is 10.5 Å². The van der Waals surface area contributed by atoms with Crippen molar-refractivity contribution in [1.29, 1.82) is 5.41 Å². The maximum Gasteiger partial charge on any atom is 0.219 e. The first-order valence-electron chi connectivity index (χ1n) is 5.20. The highest BCUT2D eigenvalue weighted by atomic mass is 16.5. The lowest BCUT2D eigenvalue weighted by Crippen LogP contribution is -2.11. The van der Waals surface area contributed by atoms with Crippen LogP contribution >= 0.6 is 0 Å². The van der Waals surface area contributed by atoms with Gasteiger partial charge in [0.15, 0.2) is 0 Å². The van der Waals surface area contributed by atoms with E-state index in [0.717, 1.165) is 11.3 Å². The predicted octanol–water partition coefficient (Wildman–Crippen LogP) is 2.47. The van der Waals surface area contributed by atoms with Gasteiger partial charge in [0.25, 0.3) is 0 Å². The van der Waals surface area contributed by atoms with Gasteiger partial charge in [-0.1, -0.05) is 12.1 Å². The number of nitrogen functional groups attached to an aromatic ring is 1. The fourth-order valence-electron chi connectivity index (χ4n) is 1.43. The number of nitrogens with one attached hydrogen (secondary N) is 1. The highest BCUT2D eigenvalue weighted by molar-refractivity contribution is 5.95. The molecule has 0 unspecified atom stereocenters. The Morgan fingerprint density at radius 1 is 1.29 bits per heavy atom. The molecular weight excluding hydrogens is 214 g/mol. The van der Waals surface area contributed by atoms with Crippen LogP contribution in [0, 0.1) is 12.3 Å². The number of hydrogen-bond acceptors (Lipinski definition) is 3. The van der Waals surface area contributed by atoms with Gasteiger partial charge >= 0.3 is 0 Å². The smallest absolute Gasteiger partial charge is 0.219 e. The van der Waals surface area contributed by atoms with Crippen LogP contribution in [0.4, 0.5) is 0 Å². The van der Waals surface area contributed by atoms with Crippen molar-refractivity contribution < 1.29 is 4.74 Å². The third kappa shape index (κ3) is 2.81. The number of nitrogens with two attached hydrogens (primary N) is 1. The van der Waals surface area contributed by atoms with Gasteiger partial charge < -0.3 is 10.5 Å². The molecule has 0 saturated heterocycles. The van der Waals surface area contributed by atoms with Crippen molar-refractivity contribution in [3.8, 4) is 11.6 Å². The molecule has 0 spiro atoms. The fraction of sp³-hybridized carbons (Fsp3) is 0.0769. The van der Waals surface area contributed by atoms with Crippen LogP contribution in [0.25, 0.3) is 0 Å². The molecule has 0 amide bonds. The summed E-state index contributed by atoms with van der Waals surface area (Å²) in [7, 11) is 0. The van der Waals surface area contributed by atoms with Gasteiger partial charge in [-0.25, -0.2) is 4.98 Å². The van der Waals surface area contributed by atoms with Gasteiger partial charge in [-0.3, -0.25) is 5.41 Å². The second-order valence-electron chi connectivity index (χ2n) is 3.71. The topological polar surface area (TPSA) is 72.0 Å². The molecule has 1 heterocycles. The Labute approximate surface area is 99.6 Å². The van der Waals surface area contributed by atoms with E-state index in [1.165, 1.54) is 0 Å². The molecule has 4 nitrogen and oxygen atoms in total. The Hall–Kier alpha value is -2.36. The highest BCUT2D eigenvalue weighted by Gasteiger charge is 2.02. The average Bonchev–Trinajstić information content (AvgIpc) is 2.29. The van der Waals surface area contributed by atoms with Crippen LogP contribution in [-0.2, 0) is 0 Å². The summed E-state index contributed by atoms with van der Waals surface area (Å²) in [4.78, 5) is 4.07. The Bertz CT molecular complexity index is 552. The number of rotatable bonds is 3. The van der Waals surface area contributed by atoms with Crippen molar-refractivity contribution in [3.63, 3.8) is 0 Å². The second-order valence-corrected chi connectivity index (χ2v) is 3.71. The molecule has 0 atom stereocenters. The van der Waals surface area contributed by atoms with Gasteiger partial charge in [0.2, 0.25) is 5.88 Å². The number of aryl methyl sites for hydroxylation is 1. The van der Waals surface area contributed by atoms with E-state index in [1.54, 1.807) is 18.3 Å². The SMILES string of the molecule is Cc1cccc(Oc2cc(C(=N)N)ccn2)c1. The summed E-state index contributed by atoms with van der Waals surface area (Å²) in [6.07, 6.45) is 1.57. The summed E-state index contributed by atoms with van der Waals surface area (Å²) < 4.78 is 5.59. The molecular formula is C13H13N3O. The molecule has 2 rings (SSSR count). The van der Waals surface area contributed by atoms with E-state index in [0.29, 0.717) is 11.4 Å². The van der Waals surface area contributed by atoms with Gasteiger partial charge in [0.05, 0.1) is 0 Å². The molecule has 17 heavy (non-hydrogen) atoms. The summed E-state index contributed by atoms with van der Waals surface area (Å²) in [5.41, 5.74) is 7.12. The average molecular weight is 227 g/mol. The summed E-state index contributed by atoms with van der Waals surface area (Å²) >= 11 is 0. The lowest BCUT2D eigenvalue weighted by molar-refractivity contribution is 0.462. The summed E-state index contributed by atoms with van der Waals surface area (Å²) in [5, 5.41) is 7.34. The fourth-order valence-corrected chi connectivity index (χ4v) is 1.43. The zero-order valence-electron chi connectivity index (χ0n) is 9.47. The van der Waals surface area contributed by atoms with Gasteiger partial charge in [0.1, 0.15) is 11.6 Å². The summed E-state index contributed by atoms with van der Waals surface area (Å²) in [5.74, 6) is 1.16. The molecule has 3 N–H and O–H groups in total. The molecule has 1 aromatic heterocycles. The van der Waals surface area contributed by atoms with E-state index >= 15 is 0 Å². The van der Waals surface area contributed by atoms with Gasteiger partial charge in [-0.2, -0.15) is 0 Å². The summed E-state index contributed by atoms with van der Waals surface area (Å²) in [6, 6.07) is 11.0. The van der Waals surface area contributed by atoms with Gasteiger partial charge in [-0.05, 0) is 30.7 Å². The molecule has 0 aliphatic rings. The van der Waals surface area contributed by atoms with E-state index in [-0.39, 0.29) is 5.84 Å². The molecule has 2 aromatic rings. The van der Waals surface area contributed by atoms with E-state index in [9.17, 15) is 0 Å². The predicted molar refractivity (Wildman–Crippen MR) is 66.5 cm³/mol. The van der Waals surface area contributed by atoms with Crippen molar-refractivity contribution in [3.05, 3.63) is 53.7 Å². The van der Waals surface area contributed by atoms with E-state index < -0.39 is 0 Å². The van der Waals surface area contributed by atoms with Crippen molar-refractivity contribution in [2.24, 2.45) is 5.73 Å². The van der Waals surface area contributed by atoms with Crippen LogP contribution in [0.2, 0.25) is 0 Å². The normalized spacial score (nSPS) is 9.94. The third-order valence-corrected chi connectivity index (χ3v) is 2.26. The van der Waals surface area contributed by atoms with Crippen molar-refractivity contribution in [2.75, 3.05) is 0 Å². The minimum absolute atomic E-state index is 0.00138. The molecule has 1 aromatic carbocycles. The van der Waals surface area contributed by atoms with Crippen LogP contribution in [0.1, 0.15) is 11.1 Å². The number of nitrogens with zero attached hydrogens (tertiary/aromatic N) is 1. The molecule has 0 aliphatic carbocycles. The first-order chi connectivity index (χ1) is 8.15. The number of benzene rings is 1. The maximum absolute atomic E-state index is 7.34. The molecule has 4 heteroatoms. The molecule has 0 fully saturated rings. The molecule has 0 saturated carbocycles. The first kappa shape index (κ1) is 11.1. The number of hydrogen-bond donors (Lipinski definition) is 2. The van der Waals surface area contributed by atoms with Crippen molar-refractivity contribution >= 4 is 5.84 Å². The van der Waals surface area contributed by atoms with Crippen LogP contribution in [0.5, 0.6) is 11.6 Å². The molecule has 86 valence electrons. The van der Waals surface area contributed by atoms with E-state index in [4.69, 9.17) is 15.9 Å². The van der Waals surface area contributed by atoms with E-state index in [1.807, 2.05) is 31.2 Å². The zero-order valence-corrected chi connectivity index (χ0v) is 9.47. The van der Waals surface area contributed by atoms with Crippen LogP contribution in [-0.4, -0.2) is 10.8 Å². The largest absolute Gasteiger partial charge is 0.439 e. The lowest BCUT2D eigenvalue weighted by atomic mass is 10.2. The zero-order chi connectivity index (χ0) is 12.3. The minimum atomic E-state index is 0.00138. The third-order valence-electron chi connectivity index (χ3n) is 2.26. The Morgan fingerprint density at radius 3 is 2.82 bits per heavy atom. The number of amidine groups is 1. The minimum Gasteiger partial charge on any atom is -0.439 e. The van der Waals surface area contributed by atoms with Gasteiger partial charge in [0, 0.05) is 17.8 Å². The highest BCUT2D eigenvalue weighted by Crippen LogP contribution is 2.20. The Morgan fingerprint density at radius 2 is 2.12 bits per heavy atom. The summed E-state index contributed by atoms with van der Waals surface area (Å²) in [6.45, 7) is 1.99. The van der Waals surface area contributed by atoms with Gasteiger partial charge in [-0.15, -0.1) is 0 Å². The van der Waals surface area contributed by atoms with Crippen LogP contribution in [0.3, 0.4) is 0 Å². The lowest BCUT2D eigenvalue weighted by Gasteiger charge is -2.06. The second kappa shape index (κ2) is 4.65. The number of aromatic nitrogens is 1. The number of pyridine rings is 1. The van der Waals surface area contributed by atoms with Crippen molar-refractivity contribution in [1.82, 2.24) is 4.98 Å². The maximum atomic E-state index is 7.34. The molecule has 0 aliphatic heterocycles.